The molecule has 3 N–H and O–H groups in total. The summed E-state index contributed by atoms with van der Waals surface area (Å²) in [4.78, 5) is 45.4. The largest absolute Gasteiger partial charge is 0.481 e. The van der Waals surface area contributed by atoms with Crippen LogP contribution in [0.2, 0.25) is 0 Å². The van der Waals surface area contributed by atoms with Crippen LogP contribution in [0, 0.1) is 39.4 Å². The topological polar surface area (TPSA) is 112 Å². The van der Waals surface area contributed by atoms with Crippen LogP contribution in [0.1, 0.15) is 76.7 Å². The number of aliphatic carboxylic acids is 1. The van der Waals surface area contributed by atoms with E-state index < -0.39 is 42.1 Å². The third-order valence-corrected chi connectivity index (χ3v) is 7.50. The molecule has 0 aliphatic rings. The summed E-state index contributed by atoms with van der Waals surface area (Å²) in [6, 6.07) is 10.5. The highest BCUT2D eigenvalue weighted by Crippen LogP contribution is 2.34. The number of benzene rings is 2. The van der Waals surface area contributed by atoms with Crippen LogP contribution in [0.25, 0.3) is 11.1 Å². The molecule has 9 heteroatoms. The molecule has 8 nitrogen and oxygen atoms in total. The normalized spacial score (nSPS) is 12.7. The van der Waals surface area contributed by atoms with E-state index in [0.717, 1.165) is 40.1 Å². The van der Waals surface area contributed by atoms with Gasteiger partial charge in [0.05, 0.1) is 12.5 Å². The van der Waals surface area contributed by atoms with Crippen molar-refractivity contribution in [3.05, 3.63) is 87.5 Å². The molecule has 2 aromatic carbocycles. The molecular formula is C35H45FN4O4. The Labute approximate surface area is 260 Å². The Kier molecular flexibility index (Phi) is 11.8. The summed E-state index contributed by atoms with van der Waals surface area (Å²) in [5.41, 5.74) is 6.16. The minimum Gasteiger partial charge on any atom is -0.481 e. The van der Waals surface area contributed by atoms with Crippen LogP contribution < -0.4 is 10.6 Å². The zero-order chi connectivity index (χ0) is 32.7. The maximum absolute atomic E-state index is 15.7. The number of pyridine rings is 1. The monoisotopic (exact) mass is 604 g/mol. The van der Waals surface area contributed by atoms with Crippen LogP contribution >= 0.6 is 0 Å². The van der Waals surface area contributed by atoms with Gasteiger partial charge in [-0.1, -0.05) is 37.6 Å². The number of nitrogens with zero attached hydrogens (tertiary/aromatic N) is 2. The van der Waals surface area contributed by atoms with Crippen molar-refractivity contribution in [3.8, 4) is 11.1 Å². The highest BCUT2D eigenvalue weighted by molar-refractivity contribution is 5.96. The number of likely N-dealkylation sites (N-methyl/N-ethyl adjacent to an activating group) is 1. The number of aromatic nitrogens is 1. The van der Waals surface area contributed by atoms with Gasteiger partial charge in [0.25, 0.3) is 5.91 Å². The average molecular weight is 605 g/mol. The SMILES string of the molecule is Cc1cc(C)c(-c2cc(C)c(F)c([C@H](CC(=O)O)NC(=O)[C@H](CC(C)C)NC(=O)c3cccc(CCN(C)C)n3)c2)c(C)c1. The average Bonchev–Trinajstić information content (AvgIpc) is 2.92. The molecule has 0 bridgehead atoms. The molecule has 1 aromatic heterocycles. The smallest absolute Gasteiger partial charge is 0.305 e. The summed E-state index contributed by atoms with van der Waals surface area (Å²) < 4.78 is 15.7. The number of carboxylic acid groups (broad SMARTS) is 1. The van der Waals surface area contributed by atoms with Crippen molar-refractivity contribution in [2.45, 2.75) is 72.9 Å². The van der Waals surface area contributed by atoms with Crippen molar-refractivity contribution in [3.63, 3.8) is 0 Å². The number of hydrogen-bond acceptors (Lipinski definition) is 5. The molecule has 0 aliphatic carbocycles. The molecule has 44 heavy (non-hydrogen) atoms. The number of nitrogens with one attached hydrogen (secondary N) is 2. The van der Waals surface area contributed by atoms with Gasteiger partial charge in [-0.2, -0.15) is 0 Å². The summed E-state index contributed by atoms with van der Waals surface area (Å²) in [5.74, 6) is -2.85. The van der Waals surface area contributed by atoms with Crippen LogP contribution in [0.5, 0.6) is 0 Å². The Balaban J connectivity index is 1.94. The second kappa shape index (κ2) is 15.1. The zero-order valence-corrected chi connectivity index (χ0v) is 27.0. The molecule has 0 saturated carbocycles. The zero-order valence-electron chi connectivity index (χ0n) is 27.0. The van der Waals surface area contributed by atoms with Gasteiger partial charge in [-0.25, -0.2) is 9.37 Å². The van der Waals surface area contributed by atoms with Crippen molar-refractivity contribution in [1.29, 1.82) is 0 Å². The van der Waals surface area contributed by atoms with Crippen LogP contribution in [0.4, 0.5) is 4.39 Å². The lowest BCUT2D eigenvalue weighted by atomic mass is 9.89. The molecule has 3 aromatic rings. The predicted molar refractivity (Wildman–Crippen MR) is 171 cm³/mol. The first-order chi connectivity index (χ1) is 20.7. The van der Waals surface area contributed by atoms with E-state index >= 15 is 4.39 Å². The molecule has 2 atom stereocenters. The van der Waals surface area contributed by atoms with E-state index in [2.05, 4.69) is 15.6 Å². The lowest BCUT2D eigenvalue weighted by Gasteiger charge is -2.25. The van der Waals surface area contributed by atoms with Crippen LogP contribution in [0.15, 0.2) is 42.5 Å². The van der Waals surface area contributed by atoms with Crippen molar-refractivity contribution in [1.82, 2.24) is 20.5 Å². The lowest BCUT2D eigenvalue weighted by molar-refractivity contribution is -0.137. The maximum Gasteiger partial charge on any atom is 0.305 e. The third-order valence-electron chi connectivity index (χ3n) is 7.50. The first-order valence-corrected chi connectivity index (χ1v) is 15.0. The van der Waals surface area contributed by atoms with Gasteiger partial charge in [-0.15, -0.1) is 0 Å². The third kappa shape index (κ3) is 9.19. The molecule has 0 fully saturated rings. The van der Waals surface area contributed by atoms with Crippen molar-refractivity contribution in [2.24, 2.45) is 5.92 Å². The molecular weight excluding hydrogens is 559 g/mol. The van der Waals surface area contributed by atoms with Gasteiger partial charge in [0.1, 0.15) is 17.6 Å². The summed E-state index contributed by atoms with van der Waals surface area (Å²) in [6.45, 7) is 12.2. The number of rotatable bonds is 13. The molecule has 0 spiro atoms. The number of amides is 2. The summed E-state index contributed by atoms with van der Waals surface area (Å²) >= 11 is 0. The van der Waals surface area contributed by atoms with Gasteiger partial charge in [0.2, 0.25) is 5.91 Å². The van der Waals surface area contributed by atoms with Gasteiger partial charge in [-0.05, 0) is 106 Å². The minimum absolute atomic E-state index is 0.0261. The molecule has 236 valence electrons. The van der Waals surface area contributed by atoms with Crippen molar-refractivity contribution >= 4 is 17.8 Å². The second-order valence-electron chi connectivity index (χ2n) is 12.4. The Morgan fingerprint density at radius 3 is 2.20 bits per heavy atom. The van der Waals surface area contributed by atoms with E-state index in [-0.39, 0.29) is 17.2 Å². The number of halogens is 1. The number of carboxylic acids is 1. The Morgan fingerprint density at radius 1 is 0.955 bits per heavy atom. The first kappa shape index (κ1) is 34.4. The fourth-order valence-electron chi connectivity index (χ4n) is 5.53. The predicted octanol–water partition coefficient (Wildman–Crippen LogP) is 5.70. The molecule has 2 amide bonds. The van der Waals surface area contributed by atoms with E-state index in [1.807, 2.05) is 71.8 Å². The second-order valence-corrected chi connectivity index (χ2v) is 12.4. The highest BCUT2D eigenvalue weighted by Gasteiger charge is 2.29. The van der Waals surface area contributed by atoms with E-state index in [1.165, 1.54) is 0 Å². The van der Waals surface area contributed by atoms with E-state index in [4.69, 9.17) is 0 Å². The Bertz CT molecular complexity index is 1500. The van der Waals surface area contributed by atoms with Gasteiger partial charge in [0, 0.05) is 24.2 Å². The standard InChI is InChI=1S/C35H45FN4O4/c1-20(2)14-30(39-34(43)28-11-9-10-26(37-28)12-13-40(7)8)35(44)38-29(19-31(41)42)27-18-25(17-24(6)33(27)36)32-22(4)15-21(3)16-23(32)5/h9-11,15-18,20,29-30H,12-14,19H2,1-8H3,(H,38,44)(H,39,43)(H,41,42)/t29-,30-/m0/s1. The van der Waals surface area contributed by atoms with Crippen LogP contribution in [-0.4, -0.2) is 59.5 Å². The van der Waals surface area contributed by atoms with E-state index in [0.29, 0.717) is 18.4 Å². The fourth-order valence-corrected chi connectivity index (χ4v) is 5.53. The maximum atomic E-state index is 15.7. The van der Waals surface area contributed by atoms with Gasteiger partial charge >= 0.3 is 5.97 Å². The van der Waals surface area contributed by atoms with Crippen molar-refractivity contribution in [2.75, 3.05) is 20.6 Å². The van der Waals surface area contributed by atoms with Gasteiger partial charge in [0.15, 0.2) is 0 Å². The minimum atomic E-state index is -1.19. The quantitative estimate of drug-likeness (QED) is 0.231. The first-order valence-electron chi connectivity index (χ1n) is 15.0. The Morgan fingerprint density at radius 2 is 1.61 bits per heavy atom. The van der Waals surface area contributed by atoms with E-state index in [9.17, 15) is 19.5 Å². The molecule has 0 radical (unpaired) electrons. The van der Waals surface area contributed by atoms with Crippen LogP contribution in [-0.2, 0) is 16.0 Å². The van der Waals surface area contributed by atoms with Crippen LogP contribution in [0.3, 0.4) is 0 Å². The molecule has 0 saturated heterocycles. The highest BCUT2D eigenvalue weighted by atomic mass is 19.1. The lowest BCUT2D eigenvalue weighted by Crippen LogP contribution is -2.48. The molecule has 3 rings (SSSR count). The number of carbonyl (C=O) groups is 3. The summed E-state index contributed by atoms with van der Waals surface area (Å²) in [6.07, 6.45) is 0.419. The molecule has 0 unspecified atom stereocenters. The van der Waals surface area contributed by atoms with Gasteiger partial charge < -0.3 is 20.6 Å². The number of carbonyl (C=O) groups excluding carboxylic acids is 2. The number of aryl methyl sites for hydroxylation is 4. The Hall–Kier alpha value is -4.11. The number of hydrogen-bond donors (Lipinski definition) is 3. The summed E-state index contributed by atoms with van der Waals surface area (Å²) in [7, 11) is 3.91. The van der Waals surface area contributed by atoms with Gasteiger partial charge in [-0.3, -0.25) is 14.4 Å². The summed E-state index contributed by atoms with van der Waals surface area (Å²) in [5, 5.41) is 15.3. The molecule has 1 heterocycles. The molecule has 0 aliphatic heterocycles. The van der Waals surface area contributed by atoms with E-state index in [1.54, 1.807) is 31.2 Å². The van der Waals surface area contributed by atoms with Crippen molar-refractivity contribution < 1.29 is 23.9 Å². The fraction of sp³-hybridized carbons (Fsp3) is 0.429.